The summed E-state index contributed by atoms with van der Waals surface area (Å²) in [6.07, 6.45) is 3.21. The van der Waals surface area contributed by atoms with Crippen molar-refractivity contribution < 1.29 is 4.79 Å². The van der Waals surface area contributed by atoms with Gasteiger partial charge >= 0.3 is 0 Å². The van der Waals surface area contributed by atoms with E-state index in [4.69, 9.17) is 0 Å². The molecule has 0 aromatic rings. The molecule has 3 nitrogen and oxygen atoms in total. The number of carbonyl (C=O) groups excluding carboxylic acids is 1. The van der Waals surface area contributed by atoms with Crippen LogP contribution in [0.15, 0.2) is 0 Å². The van der Waals surface area contributed by atoms with Gasteiger partial charge in [-0.25, -0.2) is 0 Å². The second-order valence-electron chi connectivity index (χ2n) is 2.48. The van der Waals surface area contributed by atoms with E-state index in [0.717, 1.165) is 18.7 Å². The van der Waals surface area contributed by atoms with Crippen molar-refractivity contribution in [2.45, 2.75) is 13.3 Å². The molecule has 0 aliphatic carbocycles. The highest BCUT2D eigenvalue weighted by atomic mass is 32.2. The van der Waals surface area contributed by atoms with Crippen molar-refractivity contribution in [1.29, 1.82) is 0 Å². The van der Waals surface area contributed by atoms with Crippen molar-refractivity contribution in [2.75, 3.05) is 31.6 Å². The van der Waals surface area contributed by atoms with Crippen molar-refractivity contribution in [1.82, 2.24) is 10.6 Å². The number of likely N-dealkylation sites (N-methyl/N-ethyl adjacent to an activating group) is 1. The topological polar surface area (TPSA) is 41.1 Å². The molecule has 0 bridgehead atoms. The molecule has 72 valence electrons. The first-order chi connectivity index (χ1) is 5.81. The predicted octanol–water partition coefficient (Wildman–Crippen LogP) is 0.465. The van der Waals surface area contributed by atoms with Crippen LogP contribution in [0.1, 0.15) is 13.3 Å². The van der Waals surface area contributed by atoms with Gasteiger partial charge in [0, 0.05) is 6.54 Å². The fourth-order valence-corrected chi connectivity index (χ4v) is 1.24. The summed E-state index contributed by atoms with van der Waals surface area (Å²) < 4.78 is 0. The van der Waals surface area contributed by atoms with Gasteiger partial charge in [-0.05, 0) is 31.9 Å². The van der Waals surface area contributed by atoms with E-state index < -0.39 is 0 Å². The molecule has 0 atom stereocenters. The zero-order chi connectivity index (χ0) is 9.23. The van der Waals surface area contributed by atoms with Gasteiger partial charge in [-0.2, -0.15) is 11.8 Å². The lowest BCUT2D eigenvalue weighted by Gasteiger charge is -2.03. The summed E-state index contributed by atoms with van der Waals surface area (Å²) in [5.41, 5.74) is 0. The van der Waals surface area contributed by atoms with Crippen molar-refractivity contribution in [3.8, 4) is 0 Å². The predicted molar refractivity (Wildman–Crippen MR) is 54.6 cm³/mol. The average Bonchev–Trinajstić information content (AvgIpc) is 2.05. The van der Waals surface area contributed by atoms with Gasteiger partial charge in [-0.3, -0.25) is 4.79 Å². The lowest BCUT2D eigenvalue weighted by Crippen LogP contribution is -2.34. The maximum atomic E-state index is 10.9. The van der Waals surface area contributed by atoms with Crippen LogP contribution in [0.4, 0.5) is 0 Å². The minimum absolute atomic E-state index is 0.0849. The van der Waals surface area contributed by atoms with Crippen molar-refractivity contribution >= 4 is 17.7 Å². The van der Waals surface area contributed by atoms with Crippen molar-refractivity contribution in [3.05, 3.63) is 0 Å². The van der Waals surface area contributed by atoms with Gasteiger partial charge in [0.05, 0.1) is 6.54 Å². The Balaban J connectivity index is 3.03. The standard InChI is InChI=1S/C8H18N2OS/c1-3-10-8(11)7-9-5-4-6-12-2/h9H,3-7H2,1-2H3,(H,10,11). The molecule has 0 radical (unpaired) electrons. The van der Waals surface area contributed by atoms with E-state index in [1.165, 1.54) is 0 Å². The smallest absolute Gasteiger partial charge is 0.233 e. The van der Waals surface area contributed by atoms with E-state index in [1.807, 2.05) is 18.7 Å². The molecule has 0 heterocycles. The maximum absolute atomic E-state index is 10.9. The molecule has 0 spiro atoms. The zero-order valence-electron chi connectivity index (χ0n) is 7.85. The van der Waals surface area contributed by atoms with Crippen LogP contribution in [-0.4, -0.2) is 37.6 Å². The summed E-state index contributed by atoms with van der Waals surface area (Å²) in [4.78, 5) is 10.9. The van der Waals surface area contributed by atoms with Crippen LogP contribution in [-0.2, 0) is 4.79 Å². The van der Waals surface area contributed by atoms with E-state index in [0.29, 0.717) is 13.1 Å². The largest absolute Gasteiger partial charge is 0.355 e. The molecule has 1 amide bonds. The number of hydrogen-bond donors (Lipinski definition) is 2. The minimum atomic E-state index is 0.0849. The van der Waals surface area contributed by atoms with Crippen LogP contribution >= 0.6 is 11.8 Å². The summed E-state index contributed by atoms with van der Waals surface area (Å²) in [6.45, 7) is 4.01. The summed E-state index contributed by atoms with van der Waals surface area (Å²) in [5.74, 6) is 1.24. The molecule has 4 heteroatoms. The van der Waals surface area contributed by atoms with Crippen LogP contribution < -0.4 is 10.6 Å². The zero-order valence-corrected chi connectivity index (χ0v) is 8.67. The Kier molecular flexibility index (Phi) is 8.71. The van der Waals surface area contributed by atoms with Crippen molar-refractivity contribution in [3.63, 3.8) is 0 Å². The molecule has 0 unspecified atom stereocenters. The molecule has 0 aromatic carbocycles. The van der Waals surface area contributed by atoms with Crippen LogP contribution in [0.25, 0.3) is 0 Å². The Labute approximate surface area is 78.7 Å². The maximum Gasteiger partial charge on any atom is 0.233 e. The molecular formula is C8H18N2OS. The Bertz CT molecular complexity index is 120. The van der Waals surface area contributed by atoms with Gasteiger partial charge < -0.3 is 10.6 Å². The van der Waals surface area contributed by atoms with Crippen LogP contribution in [0.5, 0.6) is 0 Å². The number of carbonyl (C=O) groups is 1. The highest BCUT2D eigenvalue weighted by molar-refractivity contribution is 7.98. The Hall–Kier alpha value is -0.220. The summed E-state index contributed by atoms with van der Waals surface area (Å²) >= 11 is 1.83. The number of nitrogens with one attached hydrogen (secondary N) is 2. The van der Waals surface area contributed by atoms with Crippen LogP contribution in [0, 0.1) is 0 Å². The highest BCUT2D eigenvalue weighted by Crippen LogP contribution is 1.92. The minimum Gasteiger partial charge on any atom is -0.355 e. The lowest BCUT2D eigenvalue weighted by molar-refractivity contribution is -0.120. The first-order valence-corrected chi connectivity index (χ1v) is 5.67. The molecule has 2 N–H and O–H groups in total. The molecular weight excluding hydrogens is 172 g/mol. The van der Waals surface area contributed by atoms with Crippen LogP contribution in [0.3, 0.4) is 0 Å². The van der Waals surface area contributed by atoms with Gasteiger partial charge in [0.25, 0.3) is 0 Å². The molecule has 0 aliphatic rings. The Morgan fingerprint density at radius 2 is 2.25 bits per heavy atom. The normalized spacial score (nSPS) is 9.83. The first-order valence-electron chi connectivity index (χ1n) is 4.27. The second-order valence-corrected chi connectivity index (χ2v) is 3.46. The van der Waals surface area contributed by atoms with Gasteiger partial charge in [-0.1, -0.05) is 0 Å². The average molecular weight is 190 g/mol. The van der Waals surface area contributed by atoms with Gasteiger partial charge in [0.2, 0.25) is 5.91 Å². The fourth-order valence-electron chi connectivity index (χ4n) is 0.803. The van der Waals surface area contributed by atoms with Crippen molar-refractivity contribution in [2.24, 2.45) is 0 Å². The SMILES string of the molecule is CCNC(=O)CNCCCSC. The van der Waals surface area contributed by atoms with Gasteiger partial charge in [0.1, 0.15) is 0 Å². The third-order valence-electron chi connectivity index (χ3n) is 1.36. The Morgan fingerprint density at radius 3 is 2.83 bits per heavy atom. The van der Waals surface area contributed by atoms with Gasteiger partial charge in [-0.15, -0.1) is 0 Å². The number of amides is 1. The Morgan fingerprint density at radius 1 is 1.50 bits per heavy atom. The quantitative estimate of drug-likeness (QED) is 0.573. The molecule has 0 saturated heterocycles. The van der Waals surface area contributed by atoms with E-state index in [-0.39, 0.29) is 5.91 Å². The van der Waals surface area contributed by atoms with Gasteiger partial charge in [0.15, 0.2) is 0 Å². The molecule has 0 aromatic heterocycles. The third kappa shape index (κ3) is 7.88. The van der Waals surface area contributed by atoms with Crippen LogP contribution in [0.2, 0.25) is 0 Å². The molecule has 0 saturated carbocycles. The number of rotatable bonds is 7. The fraction of sp³-hybridized carbons (Fsp3) is 0.875. The monoisotopic (exact) mass is 190 g/mol. The third-order valence-corrected chi connectivity index (χ3v) is 2.06. The van der Waals surface area contributed by atoms with E-state index in [9.17, 15) is 4.79 Å². The van der Waals surface area contributed by atoms with E-state index >= 15 is 0 Å². The van der Waals surface area contributed by atoms with E-state index in [1.54, 1.807) is 0 Å². The second kappa shape index (κ2) is 8.87. The lowest BCUT2D eigenvalue weighted by atomic mass is 10.4. The number of thioether (sulfide) groups is 1. The highest BCUT2D eigenvalue weighted by Gasteiger charge is 1.96. The molecule has 12 heavy (non-hydrogen) atoms. The molecule has 0 aliphatic heterocycles. The summed E-state index contributed by atoms with van der Waals surface area (Å²) in [7, 11) is 0. The van der Waals surface area contributed by atoms with E-state index in [2.05, 4.69) is 16.9 Å². The molecule has 0 fully saturated rings. The molecule has 0 rings (SSSR count). The number of hydrogen-bond acceptors (Lipinski definition) is 3. The first kappa shape index (κ1) is 11.8. The summed E-state index contributed by atoms with van der Waals surface area (Å²) in [6, 6.07) is 0. The summed E-state index contributed by atoms with van der Waals surface area (Å²) in [5, 5.41) is 5.81.